The Labute approximate surface area is 153 Å². The summed E-state index contributed by atoms with van der Waals surface area (Å²) < 4.78 is 5.43. The van der Waals surface area contributed by atoms with E-state index in [0.29, 0.717) is 6.42 Å². The third kappa shape index (κ3) is 6.20. The third-order valence-electron chi connectivity index (χ3n) is 3.92. The summed E-state index contributed by atoms with van der Waals surface area (Å²) in [5, 5.41) is 13.8. The number of amides is 1. The lowest BCUT2D eigenvalue weighted by Gasteiger charge is -2.08. The minimum atomic E-state index is -0.480. The van der Waals surface area contributed by atoms with Crippen molar-refractivity contribution in [3.63, 3.8) is 0 Å². The molecule has 0 atom stereocenters. The summed E-state index contributed by atoms with van der Waals surface area (Å²) in [4.78, 5) is 22.4. The first-order valence-electron chi connectivity index (χ1n) is 8.85. The van der Waals surface area contributed by atoms with E-state index in [4.69, 9.17) is 4.74 Å². The second kappa shape index (κ2) is 10.2. The average molecular weight is 356 g/mol. The largest absolute Gasteiger partial charge is 0.487 e. The Hall–Kier alpha value is -2.89. The number of nitro benzene ring substituents is 1. The number of aryl methyl sites for hydroxylation is 1. The summed E-state index contributed by atoms with van der Waals surface area (Å²) in [6, 6.07) is 14.1. The topological polar surface area (TPSA) is 81.5 Å². The number of ether oxygens (including phenoxy) is 1. The maximum absolute atomic E-state index is 12.0. The fourth-order valence-electron chi connectivity index (χ4n) is 2.50. The number of unbranched alkanes of at least 4 members (excludes halogenated alkanes) is 1. The molecule has 0 bridgehead atoms. The number of anilines is 1. The van der Waals surface area contributed by atoms with Crippen molar-refractivity contribution in [2.24, 2.45) is 0 Å². The number of nitrogens with zero attached hydrogens (tertiary/aromatic N) is 1. The summed E-state index contributed by atoms with van der Waals surface area (Å²) in [5.74, 6) is 0.123. The number of benzene rings is 2. The second-order valence-corrected chi connectivity index (χ2v) is 6.03. The normalized spacial score (nSPS) is 10.3. The summed E-state index contributed by atoms with van der Waals surface area (Å²) in [6.07, 6.45) is 4.14. The predicted octanol–water partition coefficient (Wildman–Crippen LogP) is 4.74. The summed E-state index contributed by atoms with van der Waals surface area (Å²) in [5.41, 5.74) is 1.97. The number of carbonyl (C=O) groups is 1. The molecule has 0 aliphatic heterocycles. The van der Waals surface area contributed by atoms with Gasteiger partial charge in [0.1, 0.15) is 0 Å². The van der Waals surface area contributed by atoms with E-state index in [1.807, 2.05) is 24.3 Å². The molecule has 0 saturated heterocycles. The molecule has 0 spiro atoms. The Morgan fingerprint density at radius 3 is 2.54 bits per heavy atom. The fourth-order valence-corrected chi connectivity index (χ4v) is 2.50. The molecular formula is C20H24N2O4. The zero-order valence-corrected chi connectivity index (χ0v) is 14.9. The summed E-state index contributed by atoms with van der Waals surface area (Å²) in [7, 11) is 0. The molecule has 26 heavy (non-hydrogen) atoms. The molecule has 138 valence electrons. The van der Waals surface area contributed by atoms with E-state index in [2.05, 4.69) is 12.2 Å². The Morgan fingerprint density at radius 1 is 1.12 bits per heavy atom. The van der Waals surface area contributed by atoms with Gasteiger partial charge in [-0.15, -0.1) is 0 Å². The molecule has 0 saturated carbocycles. The van der Waals surface area contributed by atoms with Gasteiger partial charge in [0.25, 0.3) is 0 Å². The van der Waals surface area contributed by atoms with Gasteiger partial charge in [-0.2, -0.15) is 0 Å². The van der Waals surface area contributed by atoms with E-state index >= 15 is 0 Å². The molecule has 6 heteroatoms. The lowest BCUT2D eigenvalue weighted by molar-refractivity contribution is -0.385. The molecule has 2 aromatic carbocycles. The highest BCUT2D eigenvalue weighted by Gasteiger charge is 2.13. The van der Waals surface area contributed by atoms with Crippen molar-refractivity contribution in [3.8, 4) is 5.75 Å². The molecule has 1 amide bonds. The van der Waals surface area contributed by atoms with Gasteiger partial charge in [-0.3, -0.25) is 14.9 Å². The maximum Gasteiger partial charge on any atom is 0.310 e. The van der Waals surface area contributed by atoms with Gasteiger partial charge in [-0.1, -0.05) is 37.6 Å². The van der Waals surface area contributed by atoms with E-state index < -0.39 is 4.92 Å². The molecule has 1 N–H and O–H groups in total. The molecule has 2 rings (SSSR count). The number of para-hydroxylation sites is 2. The van der Waals surface area contributed by atoms with Crippen LogP contribution in [0, 0.1) is 10.1 Å². The highest BCUT2D eigenvalue weighted by Crippen LogP contribution is 2.25. The third-order valence-corrected chi connectivity index (χ3v) is 3.92. The van der Waals surface area contributed by atoms with Crippen LogP contribution >= 0.6 is 0 Å². The summed E-state index contributed by atoms with van der Waals surface area (Å²) in [6.45, 7) is 2.41. The van der Waals surface area contributed by atoms with Gasteiger partial charge in [0.05, 0.1) is 11.5 Å². The monoisotopic (exact) mass is 356 g/mol. The molecule has 0 radical (unpaired) electrons. The fraction of sp³-hybridized carbons (Fsp3) is 0.350. The molecule has 0 heterocycles. The van der Waals surface area contributed by atoms with Gasteiger partial charge in [0, 0.05) is 18.2 Å². The van der Waals surface area contributed by atoms with E-state index in [-0.39, 0.29) is 30.4 Å². The van der Waals surface area contributed by atoms with Crippen LogP contribution < -0.4 is 10.1 Å². The van der Waals surface area contributed by atoms with Crippen LogP contribution in [-0.4, -0.2) is 17.4 Å². The first kappa shape index (κ1) is 19.4. The SMILES string of the molecule is CCCCc1ccc(NC(=O)CCCOc2ccccc2[N+](=O)[O-])cc1. The van der Waals surface area contributed by atoms with Crippen LogP contribution in [0.3, 0.4) is 0 Å². The van der Waals surface area contributed by atoms with Gasteiger partial charge >= 0.3 is 5.69 Å². The number of hydrogen-bond acceptors (Lipinski definition) is 4. The van der Waals surface area contributed by atoms with E-state index in [0.717, 1.165) is 24.9 Å². The van der Waals surface area contributed by atoms with Crippen LogP contribution in [-0.2, 0) is 11.2 Å². The summed E-state index contributed by atoms with van der Waals surface area (Å²) >= 11 is 0. The van der Waals surface area contributed by atoms with E-state index in [1.54, 1.807) is 18.2 Å². The van der Waals surface area contributed by atoms with E-state index in [9.17, 15) is 14.9 Å². The molecule has 0 fully saturated rings. The van der Waals surface area contributed by atoms with Crippen LogP contribution in [0.4, 0.5) is 11.4 Å². The smallest absolute Gasteiger partial charge is 0.310 e. The average Bonchev–Trinajstić information content (AvgIpc) is 2.65. The van der Waals surface area contributed by atoms with Crippen LogP contribution in [0.15, 0.2) is 48.5 Å². The first-order valence-corrected chi connectivity index (χ1v) is 8.85. The zero-order valence-electron chi connectivity index (χ0n) is 14.9. The minimum absolute atomic E-state index is 0.0693. The van der Waals surface area contributed by atoms with Crippen LogP contribution in [0.1, 0.15) is 38.2 Å². The molecule has 0 unspecified atom stereocenters. The maximum atomic E-state index is 12.0. The lowest BCUT2D eigenvalue weighted by atomic mass is 10.1. The molecule has 6 nitrogen and oxygen atoms in total. The zero-order chi connectivity index (χ0) is 18.8. The Bertz CT molecular complexity index is 729. The standard InChI is InChI=1S/C20H24N2O4/c1-2-3-7-16-11-13-17(14-12-16)21-20(23)10-6-15-26-19-9-5-4-8-18(19)22(24)25/h4-5,8-9,11-14H,2-3,6-7,10,15H2,1H3,(H,21,23). The van der Waals surface area contributed by atoms with Gasteiger partial charge in [0.2, 0.25) is 5.91 Å². The van der Waals surface area contributed by atoms with Crippen LogP contribution in [0.5, 0.6) is 5.75 Å². The molecule has 2 aromatic rings. The van der Waals surface area contributed by atoms with Crippen molar-refractivity contribution >= 4 is 17.3 Å². The molecular weight excluding hydrogens is 332 g/mol. The first-order chi connectivity index (χ1) is 12.6. The molecule has 0 aromatic heterocycles. The number of nitro groups is 1. The van der Waals surface area contributed by atoms with Crippen LogP contribution in [0.2, 0.25) is 0 Å². The van der Waals surface area contributed by atoms with Gasteiger partial charge in [-0.25, -0.2) is 0 Å². The predicted molar refractivity (Wildman–Crippen MR) is 102 cm³/mol. The van der Waals surface area contributed by atoms with Crippen molar-refractivity contribution in [2.75, 3.05) is 11.9 Å². The Morgan fingerprint density at radius 2 is 1.85 bits per heavy atom. The van der Waals surface area contributed by atoms with Crippen molar-refractivity contribution in [3.05, 3.63) is 64.2 Å². The van der Waals surface area contributed by atoms with Crippen LogP contribution in [0.25, 0.3) is 0 Å². The minimum Gasteiger partial charge on any atom is -0.487 e. The number of hydrogen-bond donors (Lipinski definition) is 1. The second-order valence-electron chi connectivity index (χ2n) is 6.03. The molecule has 0 aliphatic rings. The Balaban J connectivity index is 1.73. The highest BCUT2D eigenvalue weighted by atomic mass is 16.6. The number of rotatable bonds is 10. The van der Waals surface area contributed by atoms with E-state index in [1.165, 1.54) is 11.6 Å². The van der Waals surface area contributed by atoms with Crippen molar-refractivity contribution in [1.29, 1.82) is 0 Å². The molecule has 0 aliphatic carbocycles. The van der Waals surface area contributed by atoms with Gasteiger partial charge in [-0.05, 0) is 43.0 Å². The lowest BCUT2D eigenvalue weighted by Crippen LogP contribution is -2.13. The number of carbonyl (C=O) groups excluding carboxylic acids is 1. The van der Waals surface area contributed by atoms with Crippen molar-refractivity contribution in [1.82, 2.24) is 0 Å². The quantitative estimate of drug-likeness (QED) is 0.379. The number of nitrogens with one attached hydrogen (secondary N) is 1. The Kier molecular flexibility index (Phi) is 7.61. The van der Waals surface area contributed by atoms with Gasteiger partial charge < -0.3 is 10.1 Å². The van der Waals surface area contributed by atoms with Gasteiger partial charge in [0.15, 0.2) is 5.75 Å². The highest BCUT2D eigenvalue weighted by molar-refractivity contribution is 5.90. The van der Waals surface area contributed by atoms with Crippen molar-refractivity contribution in [2.45, 2.75) is 39.0 Å². The van der Waals surface area contributed by atoms with Crippen molar-refractivity contribution < 1.29 is 14.5 Å².